The van der Waals surface area contributed by atoms with Crippen LogP contribution in [0, 0.1) is 0 Å². The Labute approximate surface area is 171 Å². The van der Waals surface area contributed by atoms with Crippen molar-refractivity contribution in [2.45, 2.75) is 23.8 Å². The molecule has 158 valence electrons. The van der Waals surface area contributed by atoms with Gasteiger partial charge in [-0.3, -0.25) is 4.72 Å². The number of likely N-dealkylation sites (tertiary alicyclic amines) is 1. The van der Waals surface area contributed by atoms with Crippen LogP contribution in [-0.4, -0.2) is 45.9 Å². The number of rotatable bonds is 6. The zero-order valence-electron chi connectivity index (χ0n) is 15.2. The molecule has 1 fully saturated rings. The highest BCUT2D eigenvalue weighted by molar-refractivity contribution is 7.92. The SMILES string of the molecule is CN1CC[C@@H](Oc2cc(NS(=O)(=O)c3ccc(OC(F)(F)F)cc3)ccc2Cl)C1. The van der Waals surface area contributed by atoms with Crippen LogP contribution in [0.4, 0.5) is 18.9 Å². The van der Waals surface area contributed by atoms with Crippen molar-refractivity contribution >= 4 is 27.3 Å². The maximum atomic E-state index is 12.5. The minimum Gasteiger partial charge on any atom is -0.487 e. The van der Waals surface area contributed by atoms with E-state index in [1.165, 1.54) is 18.2 Å². The number of anilines is 1. The summed E-state index contributed by atoms with van der Waals surface area (Å²) in [7, 11) is -2.06. The van der Waals surface area contributed by atoms with Crippen molar-refractivity contribution in [1.29, 1.82) is 0 Å². The molecule has 6 nitrogen and oxygen atoms in total. The normalized spacial score (nSPS) is 17.9. The van der Waals surface area contributed by atoms with Crippen LogP contribution < -0.4 is 14.2 Å². The molecule has 0 saturated carbocycles. The third-order valence-electron chi connectivity index (χ3n) is 4.19. The molecule has 0 aromatic heterocycles. The molecule has 1 aliphatic rings. The Morgan fingerprint density at radius 1 is 1.17 bits per heavy atom. The molecule has 0 radical (unpaired) electrons. The fourth-order valence-electron chi connectivity index (χ4n) is 2.86. The predicted molar refractivity (Wildman–Crippen MR) is 102 cm³/mol. The average molecular weight is 451 g/mol. The van der Waals surface area contributed by atoms with Gasteiger partial charge in [-0.25, -0.2) is 8.42 Å². The number of likely N-dealkylation sites (N-methyl/N-ethyl adjacent to an activating group) is 1. The maximum Gasteiger partial charge on any atom is 0.573 e. The minimum absolute atomic E-state index is 0.0504. The molecule has 2 aromatic carbocycles. The molecule has 1 saturated heterocycles. The Morgan fingerprint density at radius 3 is 2.45 bits per heavy atom. The molecule has 11 heteroatoms. The summed E-state index contributed by atoms with van der Waals surface area (Å²) in [5, 5.41) is 0.344. The summed E-state index contributed by atoms with van der Waals surface area (Å²) in [5.74, 6) is -0.166. The van der Waals surface area contributed by atoms with E-state index in [1.54, 1.807) is 0 Å². The van der Waals surface area contributed by atoms with Crippen molar-refractivity contribution in [3.8, 4) is 11.5 Å². The van der Waals surface area contributed by atoms with Crippen LogP contribution in [0.2, 0.25) is 5.02 Å². The first kappa shape index (κ1) is 21.5. The van der Waals surface area contributed by atoms with Gasteiger partial charge in [0.1, 0.15) is 17.6 Å². The number of sulfonamides is 1. The number of halogens is 4. The second-order valence-corrected chi connectivity index (χ2v) is 8.65. The number of alkyl halides is 3. The monoisotopic (exact) mass is 450 g/mol. The second-order valence-electron chi connectivity index (χ2n) is 6.56. The molecule has 1 atom stereocenters. The Morgan fingerprint density at radius 2 is 1.86 bits per heavy atom. The van der Waals surface area contributed by atoms with Crippen molar-refractivity contribution in [2.24, 2.45) is 0 Å². The number of benzene rings is 2. The third kappa shape index (κ3) is 5.91. The first-order valence-electron chi connectivity index (χ1n) is 8.55. The number of nitrogens with one attached hydrogen (secondary N) is 1. The first-order chi connectivity index (χ1) is 13.5. The largest absolute Gasteiger partial charge is 0.573 e. The van der Waals surface area contributed by atoms with Crippen molar-refractivity contribution in [1.82, 2.24) is 4.90 Å². The van der Waals surface area contributed by atoms with Crippen LogP contribution in [0.25, 0.3) is 0 Å². The summed E-state index contributed by atoms with van der Waals surface area (Å²) in [4.78, 5) is 1.89. The van der Waals surface area contributed by atoms with Gasteiger partial charge in [-0.05, 0) is 49.9 Å². The Kier molecular flexibility index (Phi) is 6.16. The lowest BCUT2D eigenvalue weighted by molar-refractivity contribution is -0.274. The van der Waals surface area contributed by atoms with Crippen molar-refractivity contribution in [3.63, 3.8) is 0 Å². The summed E-state index contributed by atoms with van der Waals surface area (Å²) in [6.45, 7) is 1.63. The standard InChI is InChI=1S/C18H18ClF3N2O4S/c1-24-9-8-14(11-24)27-17-10-12(2-7-16(17)19)23-29(25,26)15-5-3-13(4-6-15)28-18(20,21)22/h2-7,10,14,23H,8-9,11H2,1H3/t14-/m1/s1. The molecule has 3 rings (SSSR count). The Hall–Kier alpha value is -2.17. The second kappa shape index (κ2) is 8.29. The van der Waals surface area contributed by atoms with E-state index >= 15 is 0 Å². The predicted octanol–water partition coefficient (Wildman–Crippen LogP) is 4.12. The Balaban J connectivity index is 1.73. The number of nitrogens with zero attached hydrogens (tertiary/aromatic N) is 1. The zero-order valence-corrected chi connectivity index (χ0v) is 16.8. The van der Waals surface area contributed by atoms with Crippen LogP contribution >= 0.6 is 11.6 Å². The molecule has 1 aliphatic heterocycles. The fraction of sp³-hybridized carbons (Fsp3) is 0.333. The number of hydrogen-bond donors (Lipinski definition) is 1. The van der Waals surface area contributed by atoms with Gasteiger partial charge in [0, 0.05) is 19.2 Å². The van der Waals surface area contributed by atoms with Crippen molar-refractivity contribution in [2.75, 3.05) is 24.9 Å². The van der Waals surface area contributed by atoms with E-state index in [-0.39, 0.29) is 16.7 Å². The number of hydrogen-bond acceptors (Lipinski definition) is 5. The van der Waals surface area contributed by atoms with Gasteiger partial charge in [0.05, 0.1) is 15.6 Å². The van der Waals surface area contributed by atoms with Crippen molar-refractivity contribution < 1.29 is 31.1 Å². The average Bonchev–Trinajstić information content (AvgIpc) is 3.01. The first-order valence-corrected chi connectivity index (χ1v) is 10.4. The quantitative estimate of drug-likeness (QED) is 0.717. The van der Waals surface area contributed by atoms with E-state index in [1.807, 2.05) is 7.05 Å². The van der Waals surface area contributed by atoms with Gasteiger partial charge in [0.25, 0.3) is 10.0 Å². The molecule has 2 aromatic rings. The van der Waals surface area contributed by atoms with Crippen LogP contribution in [0.5, 0.6) is 11.5 Å². The summed E-state index contributed by atoms with van der Waals surface area (Å²) in [6, 6.07) is 8.34. The summed E-state index contributed by atoms with van der Waals surface area (Å²) < 4.78 is 73.7. The van der Waals surface area contributed by atoms with Gasteiger partial charge in [-0.1, -0.05) is 11.6 Å². The summed E-state index contributed by atoms with van der Waals surface area (Å²) >= 11 is 6.15. The van der Waals surface area contributed by atoms with E-state index in [2.05, 4.69) is 14.4 Å². The van der Waals surface area contributed by atoms with Gasteiger partial charge in [0.15, 0.2) is 0 Å². The van der Waals surface area contributed by atoms with Crippen LogP contribution in [0.1, 0.15) is 6.42 Å². The van der Waals surface area contributed by atoms with E-state index in [0.717, 1.165) is 43.8 Å². The number of ether oxygens (including phenoxy) is 2. The van der Waals surface area contributed by atoms with Gasteiger partial charge >= 0.3 is 6.36 Å². The van der Waals surface area contributed by atoms with Crippen LogP contribution in [-0.2, 0) is 10.0 Å². The maximum absolute atomic E-state index is 12.5. The fourth-order valence-corrected chi connectivity index (χ4v) is 4.07. The van der Waals surface area contributed by atoms with E-state index < -0.39 is 22.1 Å². The molecular weight excluding hydrogens is 433 g/mol. The van der Waals surface area contributed by atoms with E-state index in [9.17, 15) is 21.6 Å². The van der Waals surface area contributed by atoms with Gasteiger partial charge in [0.2, 0.25) is 0 Å². The van der Waals surface area contributed by atoms with Crippen LogP contribution in [0.15, 0.2) is 47.4 Å². The van der Waals surface area contributed by atoms with Crippen LogP contribution in [0.3, 0.4) is 0 Å². The molecule has 1 N–H and O–H groups in total. The van der Waals surface area contributed by atoms with Gasteiger partial charge in [-0.15, -0.1) is 13.2 Å². The minimum atomic E-state index is -4.85. The molecule has 29 heavy (non-hydrogen) atoms. The molecule has 0 spiro atoms. The Bertz CT molecular complexity index is 968. The summed E-state index contributed by atoms with van der Waals surface area (Å²) in [5.41, 5.74) is 0.214. The molecular formula is C18H18ClF3N2O4S. The van der Waals surface area contributed by atoms with Gasteiger partial charge < -0.3 is 14.4 Å². The molecule has 0 amide bonds. The lowest BCUT2D eigenvalue weighted by Crippen LogP contribution is -2.21. The zero-order chi connectivity index (χ0) is 21.2. The van der Waals surface area contributed by atoms with E-state index in [4.69, 9.17) is 16.3 Å². The summed E-state index contributed by atoms with van der Waals surface area (Å²) in [6.07, 6.45) is -4.08. The smallest absolute Gasteiger partial charge is 0.487 e. The van der Waals surface area contributed by atoms with E-state index in [0.29, 0.717) is 10.8 Å². The highest BCUT2D eigenvalue weighted by Gasteiger charge is 2.31. The third-order valence-corrected chi connectivity index (χ3v) is 5.90. The lowest BCUT2D eigenvalue weighted by Gasteiger charge is -2.16. The van der Waals surface area contributed by atoms with Gasteiger partial charge in [-0.2, -0.15) is 0 Å². The lowest BCUT2D eigenvalue weighted by atomic mass is 10.3. The topological polar surface area (TPSA) is 67.9 Å². The highest BCUT2D eigenvalue weighted by Crippen LogP contribution is 2.31. The van der Waals surface area contributed by atoms with Crippen molar-refractivity contribution in [3.05, 3.63) is 47.5 Å². The molecule has 0 aliphatic carbocycles. The molecule has 0 bridgehead atoms. The molecule has 0 unspecified atom stereocenters. The highest BCUT2D eigenvalue weighted by atomic mass is 35.5. The molecule has 1 heterocycles.